The number of nitrogens with one attached hydrogen (secondary N) is 2. The maximum Gasteiger partial charge on any atom is 0.140 e. The molecule has 0 fully saturated rings. The Morgan fingerprint density at radius 2 is 1.15 bits per heavy atom. The number of aromatic nitrogens is 4. The fourth-order valence-electron chi connectivity index (χ4n) is 5.86. The Balaban J connectivity index is 1.51. The zero-order chi connectivity index (χ0) is 26.1. The van der Waals surface area contributed by atoms with Gasteiger partial charge in [0.1, 0.15) is 8.80 Å². The number of rotatable bonds is 1. The molecule has 3 aliphatic heterocycles. The molecule has 4 nitrogen and oxygen atoms in total. The molecule has 3 aliphatic rings. The van der Waals surface area contributed by atoms with Crippen molar-refractivity contribution in [3.8, 4) is 11.1 Å². The van der Waals surface area contributed by atoms with E-state index in [-0.39, 0.29) is 0 Å². The Morgan fingerprint density at radius 3 is 1.87 bits per heavy atom. The highest BCUT2D eigenvalue weighted by molar-refractivity contribution is 9.11. The van der Waals surface area contributed by atoms with Crippen LogP contribution in [0.25, 0.3) is 57.5 Å². The predicted octanol–water partition coefficient (Wildman–Crippen LogP) is 6.41. The van der Waals surface area contributed by atoms with Gasteiger partial charge in [-0.25, -0.2) is 9.97 Å². The summed E-state index contributed by atoms with van der Waals surface area (Å²) in [5, 5.41) is 4.17. The number of fused-ring (bicyclic) bond motifs is 11. The standard InChI is InChI=1S/C32H20Br2N4Si/c33-30-22-11-9-18(35-22)17-19-10-12-26(36-19)32(27-16-15-25(38-27)31(34)24-14-13-23(30)37-24)39-28-7-3-1-5-20(28)21-6-2-4-8-29(21)39/h1-17,36-37,39H. The smallest absolute Gasteiger partial charge is 0.140 e. The lowest BCUT2D eigenvalue weighted by Gasteiger charge is -2.14. The summed E-state index contributed by atoms with van der Waals surface area (Å²) in [6.45, 7) is 0. The molecule has 186 valence electrons. The van der Waals surface area contributed by atoms with Crippen molar-refractivity contribution >= 4 is 103 Å². The van der Waals surface area contributed by atoms with Gasteiger partial charge >= 0.3 is 0 Å². The van der Waals surface area contributed by atoms with Crippen molar-refractivity contribution in [3.05, 3.63) is 111 Å². The molecule has 0 unspecified atom stereocenters. The van der Waals surface area contributed by atoms with Gasteiger partial charge in [-0.1, -0.05) is 48.5 Å². The second-order valence-electron chi connectivity index (χ2n) is 9.88. The minimum Gasteiger partial charge on any atom is -0.355 e. The van der Waals surface area contributed by atoms with E-state index in [0.29, 0.717) is 0 Å². The van der Waals surface area contributed by atoms with Crippen LogP contribution in [0.3, 0.4) is 0 Å². The molecule has 0 radical (unpaired) electrons. The molecule has 8 rings (SSSR count). The van der Waals surface area contributed by atoms with Gasteiger partial charge in [0.05, 0.1) is 42.8 Å². The van der Waals surface area contributed by atoms with Crippen molar-refractivity contribution in [2.75, 3.05) is 0 Å². The summed E-state index contributed by atoms with van der Waals surface area (Å²) in [5.74, 6) is 0. The maximum absolute atomic E-state index is 5.22. The van der Waals surface area contributed by atoms with Crippen LogP contribution in [-0.4, -0.2) is 28.7 Å². The molecule has 7 heteroatoms. The van der Waals surface area contributed by atoms with E-state index >= 15 is 0 Å². The number of H-pyrrole nitrogens is 2. The molecule has 0 saturated heterocycles. The topological polar surface area (TPSA) is 57.4 Å². The largest absolute Gasteiger partial charge is 0.355 e. The zero-order valence-corrected chi connectivity index (χ0v) is 24.9. The lowest BCUT2D eigenvalue weighted by atomic mass is 10.1. The molecule has 3 aromatic heterocycles. The van der Waals surface area contributed by atoms with E-state index in [9.17, 15) is 0 Å². The van der Waals surface area contributed by atoms with Crippen LogP contribution in [0.2, 0.25) is 0 Å². The number of halogens is 2. The Morgan fingerprint density at radius 1 is 0.564 bits per heavy atom. The molecular weight excluding hydrogens is 628 g/mol. The molecule has 0 saturated carbocycles. The third-order valence-electron chi connectivity index (χ3n) is 7.61. The van der Waals surface area contributed by atoms with Crippen LogP contribution in [0.15, 0.2) is 87.8 Å². The lowest BCUT2D eigenvalue weighted by molar-refractivity contribution is 1.30. The number of hydrogen-bond donors (Lipinski definition) is 2. The van der Waals surface area contributed by atoms with Gasteiger partial charge in [-0.15, -0.1) is 0 Å². The van der Waals surface area contributed by atoms with Gasteiger partial charge in [0, 0.05) is 11.0 Å². The van der Waals surface area contributed by atoms with Crippen LogP contribution in [0.1, 0.15) is 22.8 Å². The molecule has 0 spiro atoms. The predicted molar refractivity (Wildman–Crippen MR) is 172 cm³/mol. The first-order chi connectivity index (χ1) is 19.1. The lowest BCUT2D eigenvalue weighted by Crippen LogP contribution is -2.50. The van der Waals surface area contributed by atoms with Crippen molar-refractivity contribution in [2.24, 2.45) is 0 Å². The normalized spacial score (nSPS) is 13.6. The molecule has 0 amide bonds. The van der Waals surface area contributed by atoms with E-state index < -0.39 is 8.80 Å². The summed E-state index contributed by atoms with van der Waals surface area (Å²) in [4.78, 5) is 17.3. The van der Waals surface area contributed by atoms with Gasteiger partial charge in [-0.3, -0.25) is 0 Å². The van der Waals surface area contributed by atoms with E-state index in [4.69, 9.17) is 9.97 Å². The molecular formula is C32H20Br2N4Si. The average Bonchev–Trinajstić information content (AvgIpc) is 3.80. The third kappa shape index (κ3) is 3.68. The fraction of sp³-hybridized carbons (Fsp3) is 0. The molecule has 0 aliphatic carbocycles. The highest BCUT2D eigenvalue weighted by Crippen LogP contribution is 2.29. The van der Waals surface area contributed by atoms with Crippen molar-refractivity contribution in [2.45, 2.75) is 0 Å². The van der Waals surface area contributed by atoms with Crippen molar-refractivity contribution in [1.29, 1.82) is 0 Å². The van der Waals surface area contributed by atoms with Gasteiger partial charge in [0.2, 0.25) is 0 Å². The number of nitrogens with zero attached hydrogens (tertiary/aromatic N) is 2. The van der Waals surface area contributed by atoms with E-state index in [1.165, 1.54) is 26.7 Å². The minimum atomic E-state index is -1.84. The third-order valence-corrected chi connectivity index (χ3v) is 12.7. The van der Waals surface area contributed by atoms with Crippen molar-refractivity contribution in [1.82, 2.24) is 19.9 Å². The Kier molecular flexibility index (Phi) is 5.27. The van der Waals surface area contributed by atoms with E-state index in [0.717, 1.165) is 53.8 Å². The average molecular weight is 648 g/mol. The Labute approximate surface area is 243 Å². The highest BCUT2D eigenvalue weighted by atomic mass is 79.9. The van der Waals surface area contributed by atoms with Crippen LogP contribution in [-0.2, 0) is 0 Å². The highest BCUT2D eigenvalue weighted by Gasteiger charge is 2.33. The van der Waals surface area contributed by atoms with Crippen LogP contribution in [0.4, 0.5) is 0 Å². The van der Waals surface area contributed by atoms with E-state index in [1.807, 2.05) is 6.08 Å². The van der Waals surface area contributed by atoms with Crippen LogP contribution < -0.4 is 15.6 Å². The van der Waals surface area contributed by atoms with Crippen molar-refractivity contribution in [3.63, 3.8) is 0 Å². The monoisotopic (exact) mass is 646 g/mol. The van der Waals surface area contributed by atoms with Gasteiger partial charge in [-0.2, -0.15) is 0 Å². The summed E-state index contributed by atoms with van der Waals surface area (Å²) in [7, 11) is -1.84. The fourth-order valence-corrected chi connectivity index (χ4v) is 10.4. The van der Waals surface area contributed by atoms with E-state index in [1.54, 1.807) is 0 Å². The quantitative estimate of drug-likeness (QED) is 0.202. The Hall–Kier alpha value is -3.78. The van der Waals surface area contributed by atoms with Crippen LogP contribution in [0, 0.1) is 0 Å². The molecule has 2 aromatic carbocycles. The van der Waals surface area contributed by atoms with Crippen molar-refractivity contribution < 1.29 is 0 Å². The SMILES string of the molecule is Brc1c2nc(cc3ccc([nH]3)c([SiH]3c4ccccc4-c4ccccc43)c3nc(c(Br)c4ccc1[nH]4)C=C3)C=C2. The molecule has 5 aromatic rings. The van der Waals surface area contributed by atoms with Gasteiger partial charge in [-0.05, 0) is 113 Å². The first kappa shape index (κ1) is 23.1. The number of benzene rings is 2. The Bertz CT molecular complexity index is 2020. The maximum atomic E-state index is 5.22. The summed E-state index contributed by atoms with van der Waals surface area (Å²) < 4.78 is 1.85. The summed E-state index contributed by atoms with van der Waals surface area (Å²) >= 11 is 7.60. The van der Waals surface area contributed by atoms with E-state index in [2.05, 4.69) is 139 Å². The molecule has 2 N–H and O–H groups in total. The second kappa shape index (κ2) is 8.88. The zero-order valence-electron chi connectivity index (χ0n) is 20.5. The molecule has 8 bridgehead atoms. The van der Waals surface area contributed by atoms with Crippen LogP contribution >= 0.6 is 31.9 Å². The molecule has 39 heavy (non-hydrogen) atoms. The minimum absolute atomic E-state index is 0.886. The van der Waals surface area contributed by atoms with Gasteiger partial charge in [0.25, 0.3) is 0 Å². The number of aromatic amines is 2. The first-order valence-corrected chi connectivity index (χ1v) is 16.1. The van der Waals surface area contributed by atoms with Crippen LogP contribution in [0.5, 0.6) is 0 Å². The first-order valence-electron chi connectivity index (χ1n) is 12.8. The second-order valence-corrected chi connectivity index (χ2v) is 14.2. The number of hydrogen-bond acceptors (Lipinski definition) is 2. The summed E-state index contributed by atoms with van der Waals surface area (Å²) in [6.07, 6.45) is 8.37. The molecule has 6 heterocycles. The summed E-state index contributed by atoms with van der Waals surface area (Å²) in [5.41, 5.74) is 10.5. The molecule has 0 atom stereocenters. The summed E-state index contributed by atoms with van der Waals surface area (Å²) in [6, 6.07) is 28.3. The van der Waals surface area contributed by atoms with Gasteiger partial charge in [0.15, 0.2) is 0 Å². The van der Waals surface area contributed by atoms with Gasteiger partial charge < -0.3 is 9.97 Å².